The molecule has 0 bridgehead atoms. The third-order valence-corrected chi connectivity index (χ3v) is 5.36. The van der Waals surface area contributed by atoms with Crippen molar-refractivity contribution in [3.8, 4) is 0 Å². The monoisotopic (exact) mass is 350 g/mol. The van der Waals surface area contributed by atoms with Crippen molar-refractivity contribution < 1.29 is 9.28 Å². The van der Waals surface area contributed by atoms with Crippen molar-refractivity contribution in [2.75, 3.05) is 6.54 Å². The molecular formula is C21H40N3O+. The smallest absolute Gasteiger partial charge is 0.221 e. The Labute approximate surface area is 155 Å². The fourth-order valence-corrected chi connectivity index (χ4v) is 3.71. The summed E-state index contributed by atoms with van der Waals surface area (Å²) in [6, 6.07) is 0. The lowest BCUT2D eigenvalue weighted by Crippen LogP contribution is -2.62. The fourth-order valence-electron chi connectivity index (χ4n) is 3.71. The second kappa shape index (κ2) is 12.1. The van der Waals surface area contributed by atoms with Crippen molar-refractivity contribution in [1.29, 1.82) is 0 Å². The quantitative estimate of drug-likeness (QED) is 0.285. The van der Waals surface area contributed by atoms with Crippen LogP contribution in [0.3, 0.4) is 0 Å². The number of amides is 1. The van der Waals surface area contributed by atoms with Crippen LogP contribution in [0.15, 0.2) is 24.6 Å². The van der Waals surface area contributed by atoms with Crippen LogP contribution >= 0.6 is 0 Å². The van der Waals surface area contributed by atoms with Crippen molar-refractivity contribution in [2.24, 2.45) is 0 Å². The number of likely N-dealkylation sites (N-methyl/N-ethyl adjacent to an activating group) is 1. The van der Waals surface area contributed by atoms with E-state index in [1.54, 1.807) is 6.92 Å². The van der Waals surface area contributed by atoms with Gasteiger partial charge in [-0.3, -0.25) is 9.28 Å². The molecule has 3 atom stereocenters. The van der Waals surface area contributed by atoms with Gasteiger partial charge in [0.2, 0.25) is 5.91 Å². The molecule has 144 valence electrons. The Hall–Kier alpha value is -1.29. The molecule has 25 heavy (non-hydrogen) atoms. The number of nitrogens with one attached hydrogen (secondary N) is 2. The maximum atomic E-state index is 11.4. The number of quaternary nitrogens is 1. The lowest BCUT2D eigenvalue weighted by atomic mass is 10.1. The predicted octanol–water partition coefficient (Wildman–Crippen LogP) is 4.79. The minimum absolute atomic E-state index is 0.0282. The van der Waals surface area contributed by atoms with Crippen LogP contribution in [0.25, 0.3) is 0 Å². The van der Waals surface area contributed by atoms with Crippen LogP contribution in [-0.4, -0.2) is 29.3 Å². The van der Waals surface area contributed by atoms with Crippen LogP contribution in [0.5, 0.6) is 0 Å². The summed E-state index contributed by atoms with van der Waals surface area (Å²) in [5.41, 5.74) is 0. The molecule has 1 amide bonds. The van der Waals surface area contributed by atoms with Crippen LogP contribution in [0.2, 0.25) is 0 Å². The van der Waals surface area contributed by atoms with E-state index in [9.17, 15) is 4.79 Å². The van der Waals surface area contributed by atoms with Gasteiger partial charge in [0.25, 0.3) is 0 Å². The maximum absolute atomic E-state index is 11.4. The van der Waals surface area contributed by atoms with E-state index in [1.165, 1.54) is 51.4 Å². The number of hydrogen-bond acceptors (Lipinski definition) is 2. The van der Waals surface area contributed by atoms with E-state index in [0.29, 0.717) is 0 Å². The van der Waals surface area contributed by atoms with Gasteiger partial charge in [-0.05, 0) is 25.8 Å². The molecule has 0 aromatic heterocycles. The van der Waals surface area contributed by atoms with E-state index >= 15 is 0 Å². The summed E-state index contributed by atoms with van der Waals surface area (Å²) in [7, 11) is 0. The summed E-state index contributed by atoms with van der Waals surface area (Å²) in [5, 5.41) is 6.49. The molecule has 4 nitrogen and oxygen atoms in total. The Balaban J connectivity index is 2.32. The molecule has 0 spiro atoms. The Morgan fingerprint density at radius 1 is 1.16 bits per heavy atom. The minimum Gasteiger partial charge on any atom is -0.334 e. The lowest BCUT2D eigenvalue weighted by Gasteiger charge is -2.40. The average molecular weight is 351 g/mol. The topological polar surface area (TPSA) is 41.1 Å². The molecule has 0 saturated carbocycles. The highest BCUT2D eigenvalue weighted by Gasteiger charge is 2.40. The van der Waals surface area contributed by atoms with Gasteiger partial charge in [-0.1, -0.05) is 57.9 Å². The normalized spacial score (nSPS) is 23.8. The summed E-state index contributed by atoms with van der Waals surface area (Å²) in [4.78, 5) is 11.4. The van der Waals surface area contributed by atoms with Crippen molar-refractivity contribution >= 4 is 5.91 Å². The first-order chi connectivity index (χ1) is 12.1. The molecule has 1 aliphatic heterocycles. The van der Waals surface area contributed by atoms with Gasteiger partial charge in [0, 0.05) is 13.8 Å². The van der Waals surface area contributed by atoms with E-state index in [-0.39, 0.29) is 18.2 Å². The lowest BCUT2D eigenvalue weighted by molar-refractivity contribution is -0.917. The third-order valence-electron chi connectivity index (χ3n) is 5.36. The first kappa shape index (κ1) is 21.8. The van der Waals surface area contributed by atoms with Gasteiger partial charge in [-0.2, -0.15) is 0 Å². The van der Waals surface area contributed by atoms with Crippen LogP contribution in [0, 0.1) is 0 Å². The second-order valence-electron chi connectivity index (χ2n) is 7.31. The summed E-state index contributed by atoms with van der Waals surface area (Å²) in [5.74, 6) is 0.0282. The van der Waals surface area contributed by atoms with Crippen LogP contribution in [-0.2, 0) is 4.79 Å². The zero-order valence-electron chi connectivity index (χ0n) is 16.9. The first-order valence-electron chi connectivity index (χ1n) is 10.3. The van der Waals surface area contributed by atoms with E-state index in [4.69, 9.17) is 0 Å². The number of carbonyl (C=O) groups is 1. The third kappa shape index (κ3) is 7.23. The van der Waals surface area contributed by atoms with Crippen LogP contribution < -0.4 is 10.6 Å². The number of hydrogen-bond donors (Lipinski definition) is 2. The number of rotatable bonds is 13. The Bertz CT molecular complexity index is 433. The van der Waals surface area contributed by atoms with E-state index in [0.717, 1.165) is 17.4 Å². The van der Waals surface area contributed by atoms with Gasteiger partial charge in [0.15, 0.2) is 12.3 Å². The molecular weight excluding hydrogens is 310 g/mol. The van der Waals surface area contributed by atoms with Gasteiger partial charge < -0.3 is 10.6 Å². The van der Waals surface area contributed by atoms with Gasteiger partial charge >= 0.3 is 0 Å². The molecule has 4 heteroatoms. The summed E-state index contributed by atoms with van der Waals surface area (Å²) >= 11 is 0. The van der Waals surface area contributed by atoms with Crippen LogP contribution in [0.4, 0.5) is 0 Å². The molecule has 1 heterocycles. The van der Waals surface area contributed by atoms with Gasteiger partial charge in [0.1, 0.15) is 6.20 Å². The summed E-state index contributed by atoms with van der Waals surface area (Å²) in [6.07, 6.45) is 21.1. The summed E-state index contributed by atoms with van der Waals surface area (Å²) < 4.78 is 0.730. The molecule has 0 aromatic rings. The molecule has 0 aliphatic carbocycles. The zero-order valence-corrected chi connectivity index (χ0v) is 16.9. The van der Waals surface area contributed by atoms with Crippen molar-refractivity contribution in [1.82, 2.24) is 10.6 Å². The Kier molecular flexibility index (Phi) is 10.6. The molecule has 1 rings (SSSR count). The summed E-state index contributed by atoms with van der Waals surface area (Å²) in [6.45, 7) is 9.06. The minimum atomic E-state index is 0.0282. The van der Waals surface area contributed by atoms with E-state index < -0.39 is 0 Å². The first-order valence-corrected chi connectivity index (χ1v) is 10.3. The molecule has 2 N–H and O–H groups in total. The average Bonchev–Trinajstić information content (AvgIpc) is 3.00. The van der Waals surface area contributed by atoms with Crippen LogP contribution in [0.1, 0.15) is 85.5 Å². The SMILES string of the molecule is CCCCCCCCCC/C=C/C1NC=C[N+]1(CC)C(C)NC(C)=O. The number of allylic oxidation sites excluding steroid dienone is 1. The van der Waals surface area contributed by atoms with Crippen molar-refractivity contribution in [3.05, 3.63) is 24.6 Å². The second-order valence-corrected chi connectivity index (χ2v) is 7.31. The highest BCUT2D eigenvalue weighted by atomic mass is 16.1. The highest BCUT2D eigenvalue weighted by molar-refractivity contribution is 5.72. The van der Waals surface area contributed by atoms with Gasteiger partial charge in [0.05, 0.1) is 12.7 Å². The van der Waals surface area contributed by atoms with Crippen molar-refractivity contribution in [2.45, 2.75) is 97.8 Å². The largest absolute Gasteiger partial charge is 0.334 e. The Morgan fingerprint density at radius 3 is 2.40 bits per heavy atom. The molecule has 1 aliphatic rings. The Morgan fingerprint density at radius 2 is 1.80 bits per heavy atom. The molecule has 0 saturated heterocycles. The fraction of sp³-hybridized carbons (Fsp3) is 0.762. The van der Waals surface area contributed by atoms with E-state index in [1.807, 2.05) is 6.20 Å². The predicted molar refractivity (Wildman–Crippen MR) is 107 cm³/mol. The highest BCUT2D eigenvalue weighted by Crippen LogP contribution is 2.23. The van der Waals surface area contributed by atoms with Gasteiger partial charge in [-0.25, -0.2) is 0 Å². The zero-order chi connectivity index (χ0) is 18.5. The maximum Gasteiger partial charge on any atom is 0.221 e. The van der Waals surface area contributed by atoms with E-state index in [2.05, 4.69) is 49.8 Å². The number of carbonyl (C=O) groups excluding carboxylic acids is 1. The molecule has 3 unspecified atom stereocenters. The van der Waals surface area contributed by atoms with Crippen molar-refractivity contribution in [3.63, 3.8) is 0 Å². The molecule has 0 aromatic carbocycles. The number of nitrogens with zero attached hydrogens (tertiary/aromatic N) is 1. The van der Waals surface area contributed by atoms with Gasteiger partial charge in [-0.15, -0.1) is 0 Å². The number of unbranched alkanes of at least 4 members (excludes halogenated alkanes) is 8. The molecule has 0 radical (unpaired) electrons. The molecule has 0 fully saturated rings. The standard InChI is InChI=1S/C21H39N3O/c1-5-7-8-9-10-11-12-13-14-15-16-21-22-17-18-24(21,6-2)19(3)23-20(4)25/h15-19,21-22H,5-14H2,1-4H3/p+1/b16-15+.